The molecule has 2 aromatic rings. The van der Waals surface area contributed by atoms with Crippen LogP contribution >= 0.6 is 0 Å². The zero-order valence-electron chi connectivity index (χ0n) is 12.2. The standard InChI is InChI=1S/C16H25N3/c1-3-4-5-8-13-19-15-10-7-6-9-14(15)18-16(19)11-12-17-2/h6-7,9-10,17H,3-5,8,11-13H2,1-2H3. The molecule has 104 valence electrons. The van der Waals surface area contributed by atoms with Crippen molar-refractivity contribution in [1.82, 2.24) is 14.9 Å². The van der Waals surface area contributed by atoms with Gasteiger partial charge in [-0.15, -0.1) is 0 Å². The zero-order valence-corrected chi connectivity index (χ0v) is 12.2. The van der Waals surface area contributed by atoms with E-state index in [9.17, 15) is 0 Å². The van der Waals surface area contributed by atoms with Gasteiger partial charge in [0.15, 0.2) is 0 Å². The second kappa shape index (κ2) is 7.29. The summed E-state index contributed by atoms with van der Waals surface area (Å²) in [6.07, 6.45) is 6.18. The Morgan fingerprint density at radius 2 is 2.00 bits per heavy atom. The van der Waals surface area contributed by atoms with E-state index in [1.165, 1.54) is 37.0 Å². The minimum absolute atomic E-state index is 0.984. The molecule has 0 aliphatic rings. The van der Waals surface area contributed by atoms with Gasteiger partial charge in [0.25, 0.3) is 0 Å². The highest BCUT2D eigenvalue weighted by Crippen LogP contribution is 2.17. The lowest BCUT2D eigenvalue weighted by molar-refractivity contribution is 0.570. The highest BCUT2D eigenvalue weighted by atomic mass is 15.1. The Balaban J connectivity index is 2.16. The molecule has 0 aliphatic carbocycles. The van der Waals surface area contributed by atoms with Crippen molar-refractivity contribution in [1.29, 1.82) is 0 Å². The molecule has 1 heterocycles. The molecule has 0 amide bonds. The monoisotopic (exact) mass is 259 g/mol. The Kier molecular flexibility index (Phi) is 5.40. The molecule has 1 aromatic heterocycles. The lowest BCUT2D eigenvalue weighted by Crippen LogP contribution is -2.14. The summed E-state index contributed by atoms with van der Waals surface area (Å²) in [4.78, 5) is 4.77. The van der Waals surface area contributed by atoms with E-state index in [1.54, 1.807) is 0 Å². The van der Waals surface area contributed by atoms with Crippen LogP contribution in [0.5, 0.6) is 0 Å². The molecule has 0 unspecified atom stereocenters. The van der Waals surface area contributed by atoms with E-state index in [0.29, 0.717) is 0 Å². The quantitative estimate of drug-likeness (QED) is 0.737. The average molecular weight is 259 g/mol. The summed E-state index contributed by atoms with van der Waals surface area (Å²) in [5.41, 5.74) is 2.41. The largest absolute Gasteiger partial charge is 0.328 e. The van der Waals surface area contributed by atoms with Gasteiger partial charge in [-0.25, -0.2) is 4.98 Å². The molecule has 0 saturated heterocycles. The number of nitrogens with one attached hydrogen (secondary N) is 1. The van der Waals surface area contributed by atoms with Gasteiger partial charge in [-0.1, -0.05) is 38.3 Å². The predicted molar refractivity (Wildman–Crippen MR) is 81.5 cm³/mol. The SMILES string of the molecule is CCCCCCn1c(CCNC)nc2ccccc21. The van der Waals surface area contributed by atoms with Crippen molar-refractivity contribution in [3.63, 3.8) is 0 Å². The topological polar surface area (TPSA) is 29.9 Å². The minimum Gasteiger partial charge on any atom is -0.328 e. The third-order valence-corrected chi connectivity index (χ3v) is 3.57. The minimum atomic E-state index is 0.984. The number of aryl methyl sites for hydroxylation is 1. The maximum Gasteiger partial charge on any atom is 0.111 e. The number of para-hydroxylation sites is 2. The van der Waals surface area contributed by atoms with Crippen LogP contribution in [0.15, 0.2) is 24.3 Å². The first kappa shape index (κ1) is 14.1. The first-order chi connectivity index (χ1) is 9.36. The van der Waals surface area contributed by atoms with Crippen LogP contribution in [-0.4, -0.2) is 23.1 Å². The number of hydrogen-bond acceptors (Lipinski definition) is 2. The average Bonchev–Trinajstić information content (AvgIpc) is 2.79. The van der Waals surface area contributed by atoms with E-state index in [2.05, 4.69) is 41.1 Å². The molecule has 1 aromatic carbocycles. The van der Waals surface area contributed by atoms with Gasteiger partial charge in [-0.2, -0.15) is 0 Å². The first-order valence-corrected chi connectivity index (χ1v) is 7.45. The molecular weight excluding hydrogens is 234 g/mol. The molecule has 0 aliphatic heterocycles. The predicted octanol–water partition coefficient (Wildman–Crippen LogP) is 3.38. The Morgan fingerprint density at radius 3 is 2.79 bits per heavy atom. The van der Waals surface area contributed by atoms with Crippen LogP contribution in [0, 0.1) is 0 Å². The van der Waals surface area contributed by atoms with E-state index in [-0.39, 0.29) is 0 Å². The summed E-state index contributed by atoms with van der Waals surface area (Å²) in [6, 6.07) is 8.47. The Bertz CT molecular complexity index is 502. The van der Waals surface area contributed by atoms with Gasteiger partial charge in [-0.3, -0.25) is 0 Å². The van der Waals surface area contributed by atoms with Crippen LogP contribution in [0.1, 0.15) is 38.4 Å². The molecule has 0 fully saturated rings. The number of imidazole rings is 1. The van der Waals surface area contributed by atoms with Gasteiger partial charge < -0.3 is 9.88 Å². The third kappa shape index (κ3) is 3.57. The van der Waals surface area contributed by atoms with Gasteiger partial charge in [0.1, 0.15) is 5.82 Å². The van der Waals surface area contributed by atoms with E-state index < -0.39 is 0 Å². The molecule has 0 spiro atoms. The normalized spacial score (nSPS) is 11.3. The molecule has 0 saturated carbocycles. The van der Waals surface area contributed by atoms with Crippen molar-refractivity contribution in [3.05, 3.63) is 30.1 Å². The highest BCUT2D eigenvalue weighted by molar-refractivity contribution is 5.75. The fourth-order valence-corrected chi connectivity index (χ4v) is 2.50. The maximum absolute atomic E-state index is 4.77. The zero-order chi connectivity index (χ0) is 13.5. The Labute approximate surface area is 116 Å². The van der Waals surface area contributed by atoms with Crippen LogP contribution in [0.25, 0.3) is 11.0 Å². The lowest BCUT2D eigenvalue weighted by Gasteiger charge is -2.09. The Hall–Kier alpha value is -1.35. The van der Waals surface area contributed by atoms with Crippen molar-refractivity contribution in [2.24, 2.45) is 0 Å². The molecule has 2 rings (SSSR count). The van der Waals surface area contributed by atoms with E-state index in [1.807, 2.05) is 7.05 Å². The molecule has 19 heavy (non-hydrogen) atoms. The number of likely N-dealkylation sites (N-methyl/N-ethyl adjacent to an activating group) is 1. The van der Waals surface area contributed by atoms with E-state index in [0.717, 1.165) is 25.0 Å². The number of rotatable bonds is 8. The first-order valence-electron chi connectivity index (χ1n) is 7.45. The van der Waals surface area contributed by atoms with Gasteiger partial charge in [0.05, 0.1) is 11.0 Å². The molecule has 3 nitrogen and oxygen atoms in total. The van der Waals surface area contributed by atoms with E-state index in [4.69, 9.17) is 4.98 Å². The molecule has 0 atom stereocenters. The number of aromatic nitrogens is 2. The molecular formula is C16H25N3. The Morgan fingerprint density at radius 1 is 1.16 bits per heavy atom. The van der Waals surface area contributed by atoms with Crippen LogP contribution in [-0.2, 0) is 13.0 Å². The molecule has 0 radical (unpaired) electrons. The number of benzene rings is 1. The summed E-state index contributed by atoms with van der Waals surface area (Å²) < 4.78 is 2.41. The van der Waals surface area contributed by atoms with Gasteiger partial charge in [-0.05, 0) is 25.6 Å². The highest BCUT2D eigenvalue weighted by Gasteiger charge is 2.09. The number of nitrogens with zero attached hydrogens (tertiary/aromatic N) is 2. The third-order valence-electron chi connectivity index (χ3n) is 3.57. The molecule has 0 bridgehead atoms. The van der Waals surface area contributed by atoms with E-state index >= 15 is 0 Å². The van der Waals surface area contributed by atoms with Crippen molar-refractivity contribution in [2.45, 2.75) is 45.6 Å². The van der Waals surface area contributed by atoms with Crippen LogP contribution in [0.3, 0.4) is 0 Å². The van der Waals surface area contributed by atoms with Gasteiger partial charge >= 0.3 is 0 Å². The lowest BCUT2D eigenvalue weighted by atomic mass is 10.2. The molecule has 1 N–H and O–H groups in total. The number of hydrogen-bond donors (Lipinski definition) is 1. The maximum atomic E-state index is 4.77. The number of unbranched alkanes of at least 4 members (excludes halogenated alkanes) is 3. The smallest absolute Gasteiger partial charge is 0.111 e. The van der Waals surface area contributed by atoms with Crippen molar-refractivity contribution in [3.8, 4) is 0 Å². The van der Waals surface area contributed by atoms with Gasteiger partial charge in [0.2, 0.25) is 0 Å². The fourth-order valence-electron chi connectivity index (χ4n) is 2.50. The van der Waals surface area contributed by atoms with Crippen LogP contribution < -0.4 is 5.32 Å². The second-order valence-electron chi connectivity index (χ2n) is 5.08. The fraction of sp³-hybridized carbons (Fsp3) is 0.562. The summed E-state index contributed by atoms with van der Waals surface area (Å²) in [7, 11) is 1.99. The van der Waals surface area contributed by atoms with Crippen molar-refractivity contribution in [2.75, 3.05) is 13.6 Å². The summed E-state index contributed by atoms with van der Waals surface area (Å²) in [5, 5.41) is 3.21. The van der Waals surface area contributed by atoms with Crippen molar-refractivity contribution < 1.29 is 0 Å². The second-order valence-corrected chi connectivity index (χ2v) is 5.08. The van der Waals surface area contributed by atoms with Gasteiger partial charge in [0, 0.05) is 19.5 Å². The van der Waals surface area contributed by atoms with Crippen molar-refractivity contribution >= 4 is 11.0 Å². The summed E-state index contributed by atoms with van der Waals surface area (Å²) >= 11 is 0. The molecule has 3 heteroatoms. The summed E-state index contributed by atoms with van der Waals surface area (Å²) in [6.45, 7) is 4.34. The number of fused-ring (bicyclic) bond motifs is 1. The summed E-state index contributed by atoms with van der Waals surface area (Å²) in [5.74, 6) is 1.21. The van der Waals surface area contributed by atoms with Crippen LogP contribution in [0.4, 0.5) is 0 Å². The van der Waals surface area contributed by atoms with Crippen LogP contribution in [0.2, 0.25) is 0 Å².